The van der Waals surface area contributed by atoms with E-state index in [9.17, 15) is 9.59 Å². The highest BCUT2D eigenvalue weighted by atomic mass is 16.4. The first-order chi connectivity index (χ1) is 9.09. The predicted molar refractivity (Wildman–Crippen MR) is 71.1 cm³/mol. The van der Waals surface area contributed by atoms with E-state index in [4.69, 9.17) is 5.11 Å². The number of carboxylic acid groups (broad SMARTS) is 1. The van der Waals surface area contributed by atoms with Gasteiger partial charge in [0.2, 0.25) is 0 Å². The zero-order valence-corrected chi connectivity index (χ0v) is 10.7. The molecule has 1 heterocycles. The number of carbonyl (C=O) groups excluding carboxylic acids is 1. The van der Waals surface area contributed by atoms with Crippen LogP contribution in [0.5, 0.6) is 0 Å². The summed E-state index contributed by atoms with van der Waals surface area (Å²) < 4.78 is 0. The van der Waals surface area contributed by atoms with E-state index in [1.807, 2.05) is 18.2 Å². The standard InChI is InChI=1S/C13H17N3O3/c1-9-11(12(17)18)14-7-8-16(9)13(19)15-10-5-3-2-4-6-10/h2-6,9,11,14H,7-8H2,1H3,(H,15,19)(H,17,18). The number of benzene rings is 1. The van der Waals surface area contributed by atoms with Crippen LogP contribution in [0.25, 0.3) is 0 Å². The Hall–Kier alpha value is -2.08. The van der Waals surface area contributed by atoms with Crippen LogP contribution in [-0.4, -0.2) is 47.2 Å². The van der Waals surface area contributed by atoms with Crippen LogP contribution in [0, 0.1) is 0 Å². The summed E-state index contributed by atoms with van der Waals surface area (Å²) in [6.07, 6.45) is 0. The Morgan fingerprint density at radius 2 is 2.05 bits per heavy atom. The number of anilines is 1. The number of carbonyl (C=O) groups is 2. The fourth-order valence-electron chi connectivity index (χ4n) is 2.19. The number of nitrogens with one attached hydrogen (secondary N) is 2. The molecule has 1 fully saturated rings. The molecule has 0 saturated carbocycles. The van der Waals surface area contributed by atoms with Crippen LogP contribution in [0.15, 0.2) is 30.3 Å². The SMILES string of the molecule is CC1C(C(=O)O)NCCN1C(=O)Nc1ccccc1. The van der Waals surface area contributed by atoms with Crippen molar-refractivity contribution < 1.29 is 14.7 Å². The van der Waals surface area contributed by atoms with Gasteiger partial charge in [-0.15, -0.1) is 0 Å². The smallest absolute Gasteiger partial charge is 0.322 e. The summed E-state index contributed by atoms with van der Waals surface area (Å²) in [4.78, 5) is 24.8. The lowest BCUT2D eigenvalue weighted by Gasteiger charge is -2.37. The number of para-hydroxylation sites is 1. The molecule has 2 atom stereocenters. The molecule has 0 aliphatic carbocycles. The summed E-state index contributed by atoms with van der Waals surface area (Å²) in [7, 11) is 0. The number of amides is 2. The van der Waals surface area contributed by atoms with Crippen LogP contribution in [-0.2, 0) is 4.79 Å². The first-order valence-electron chi connectivity index (χ1n) is 6.18. The average Bonchev–Trinajstić information content (AvgIpc) is 2.39. The number of hydrogen-bond donors (Lipinski definition) is 3. The second kappa shape index (κ2) is 5.71. The predicted octanol–water partition coefficient (Wildman–Crippen LogP) is 0.965. The van der Waals surface area contributed by atoms with Gasteiger partial charge in [0.1, 0.15) is 6.04 Å². The van der Waals surface area contributed by atoms with Crippen molar-refractivity contribution in [1.29, 1.82) is 0 Å². The van der Waals surface area contributed by atoms with Crippen molar-refractivity contribution in [3.63, 3.8) is 0 Å². The third kappa shape index (κ3) is 3.03. The van der Waals surface area contributed by atoms with E-state index in [1.54, 1.807) is 24.0 Å². The lowest BCUT2D eigenvalue weighted by molar-refractivity contribution is -0.141. The molecule has 1 saturated heterocycles. The monoisotopic (exact) mass is 263 g/mol. The Kier molecular flexibility index (Phi) is 4.01. The maximum absolute atomic E-state index is 12.1. The molecule has 0 bridgehead atoms. The molecule has 0 spiro atoms. The summed E-state index contributed by atoms with van der Waals surface area (Å²) in [5, 5.41) is 14.7. The summed E-state index contributed by atoms with van der Waals surface area (Å²) in [5.41, 5.74) is 0.699. The van der Waals surface area contributed by atoms with Crippen molar-refractivity contribution in [2.75, 3.05) is 18.4 Å². The molecule has 0 radical (unpaired) electrons. The molecule has 6 nitrogen and oxygen atoms in total. The second-order valence-corrected chi connectivity index (χ2v) is 4.50. The van der Waals surface area contributed by atoms with Gasteiger partial charge < -0.3 is 20.6 Å². The summed E-state index contributed by atoms with van der Waals surface area (Å²) in [6.45, 7) is 2.70. The van der Waals surface area contributed by atoms with Crippen LogP contribution < -0.4 is 10.6 Å². The lowest BCUT2D eigenvalue weighted by atomic mass is 10.1. The maximum atomic E-state index is 12.1. The number of hydrogen-bond acceptors (Lipinski definition) is 3. The number of carboxylic acids is 1. The molecule has 1 aliphatic heterocycles. The Balaban J connectivity index is 2.04. The molecular formula is C13H17N3O3. The number of nitrogens with zero attached hydrogens (tertiary/aromatic N) is 1. The van der Waals surface area contributed by atoms with Gasteiger partial charge in [0.15, 0.2) is 0 Å². The number of piperazine rings is 1. The fraction of sp³-hybridized carbons (Fsp3) is 0.385. The van der Waals surface area contributed by atoms with Crippen molar-refractivity contribution in [1.82, 2.24) is 10.2 Å². The van der Waals surface area contributed by atoms with Gasteiger partial charge in [-0.3, -0.25) is 4.79 Å². The van der Waals surface area contributed by atoms with E-state index in [0.717, 1.165) is 0 Å². The third-order valence-electron chi connectivity index (χ3n) is 3.24. The van der Waals surface area contributed by atoms with Gasteiger partial charge in [-0.1, -0.05) is 18.2 Å². The molecule has 0 aromatic heterocycles. The van der Waals surface area contributed by atoms with Gasteiger partial charge >= 0.3 is 12.0 Å². The van der Waals surface area contributed by atoms with Crippen LogP contribution in [0.2, 0.25) is 0 Å². The molecule has 102 valence electrons. The zero-order chi connectivity index (χ0) is 13.8. The molecule has 6 heteroatoms. The second-order valence-electron chi connectivity index (χ2n) is 4.50. The molecule has 2 amide bonds. The third-order valence-corrected chi connectivity index (χ3v) is 3.24. The van der Waals surface area contributed by atoms with Crippen molar-refractivity contribution in [3.8, 4) is 0 Å². The summed E-state index contributed by atoms with van der Waals surface area (Å²) >= 11 is 0. The van der Waals surface area contributed by atoms with Gasteiger partial charge in [0, 0.05) is 18.8 Å². The Morgan fingerprint density at radius 1 is 1.37 bits per heavy atom. The molecule has 1 aromatic carbocycles. The van der Waals surface area contributed by atoms with E-state index < -0.39 is 18.1 Å². The average molecular weight is 263 g/mol. The number of aliphatic carboxylic acids is 1. The van der Waals surface area contributed by atoms with E-state index in [-0.39, 0.29) is 6.03 Å². The highest BCUT2D eigenvalue weighted by molar-refractivity contribution is 5.90. The number of rotatable bonds is 2. The first kappa shape index (κ1) is 13.4. The Labute approximate surface area is 111 Å². The number of urea groups is 1. The van der Waals surface area contributed by atoms with Crippen molar-refractivity contribution >= 4 is 17.7 Å². The molecular weight excluding hydrogens is 246 g/mol. The highest BCUT2D eigenvalue weighted by Gasteiger charge is 2.35. The summed E-state index contributed by atoms with van der Waals surface area (Å²) in [6, 6.07) is 7.72. The largest absolute Gasteiger partial charge is 0.480 e. The fourth-order valence-corrected chi connectivity index (χ4v) is 2.19. The van der Waals surface area contributed by atoms with Gasteiger partial charge in [-0.05, 0) is 19.1 Å². The minimum Gasteiger partial charge on any atom is -0.480 e. The molecule has 19 heavy (non-hydrogen) atoms. The minimum atomic E-state index is -0.940. The highest BCUT2D eigenvalue weighted by Crippen LogP contribution is 2.13. The van der Waals surface area contributed by atoms with Gasteiger partial charge in [0.05, 0.1) is 6.04 Å². The lowest BCUT2D eigenvalue weighted by Crippen LogP contribution is -2.61. The van der Waals surface area contributed by atoms with E-state index >= 15 is 0 Å². The Bertz CT molecular complexity index is 463. The van der Waals surface area contributed by atoms with Crippen LogP contribution >= 0.6 is 0 Å². The maximum Gasteiger partial charge on any atom is 0.322 e. The van der Waals surface area contributed by atoms with Gasteiger partial charge in [-0.25, -0.2) is 4.79 Å². The van der Waals surface area contributed by atoms with Gasteiger partial charge in [0.25, 0.3) is 0 Å². The minimum absolute atomic E-state index is 0.272. The first-order valence-corrected chi connectivity index (χ1v) is 6.18. The van der Waals surface area contributed by atoms with E-state index in [0.29, 0.717) is 18.8 Å². The topological polar surface area (TPSA) is 81.7 Å². The molecule has 1 aliphatic rings. The molecule has 2 rings (SSSR count). The quantitative estimate of drug-likeness (QED) is 0.742. The van der Waals surface area contributed by atoms with Crippen LogP contribution in [0.1, 0.15) is 6.92 Å². The van der Waals surface area contributed by atoms with E-state index in [2.05, 4.69) is 10.6 Å². The van der Waals surface area contributed by atoms with Crippen molar-refractivity contribution in [2.45, 2.75) is 19.0 Å². The zero-order valence-electron chi connectivity index (χ0n) is 10.7. The van der Waals surface area contributed by atoms with Crippen LogP contribution in [0.4, 0.5) is 10.5 Å². The van der Waals surface area contributed by atoms with Crippen molar-refractivity contribution in [2.24, 2.45) is 0 Å². The van der Waals surface area contributed by atoms with Crippen LogP contribution in [0.3, 0.4) is 0 Å². The van der Waals surface area contributed by atoms with E-state index in [1.165, 1.54) is 0 Å². The molecule has 1 aromatic rings. The molecule has 2 unspecified atom stereocenters. The van der Waals surface area contributed by atoms with Gasteiger partial charge in [-0.2, -0.15) is 0 Å². The normalized spacial score (nSPS) is 22.9. The Morgan fingerprint density at radius 3 is 2.68 bits per heavy atom. The summed E-state index contributed by atoms with van der Waals surface area (Å²) in [5.74, 6) is -0.940. The van der Waals surface area contributed by atoms with Crippen molar-refractivity contribution in [3.05, 3.63) is 30.3 Å². The molecule has 3 N–H and O–H groups in total.